The van der Waals surface area contributed by atoms with Gasteiger partial charge in [-0.15, -0.1) is 0 Å². The molecule has 0 aromatic carbocycles. The van der Waals surface area contributed by atoms with Crippen LogP contribution in [-0.4, -0.2) is 23.5 Å². The minimum absolute atomic E-state index is 0.178. The van der Waals surface area contributed by atoms with Gasteiger partial charge >= 0.3 is 0 Å². The molecule has 1 N–H and O–H groups in total. The molecule has 0 spiro atoms. The second-order valence-corrected chi connectivity index (χ2v) is 5.89. The van der Waals surface area contributed by atoms with Crippen LogP contribution in [0.3, 0.4) is 0 Å². The quantitative estimate of drug-likeness (QED) is 0.742. The van der Waals surface area contributed by atoms with Crippen LogP contribution in [0.2, 0.25) is 0 Å². The first-order chi connectivity index (χ1) is 9.97. The van der Waals surface area contributed by atoms with Gasteiger partial charge in [0, 0.05) is 6.20 Å². The van der Waals surface area contributed by atoms with Crippen molar-refractivity contribution in [2.75, 3.05) is 4.72 Å². The van der Waals surface area contributed by atoms with Gasteiger partial charge in [-0.05, 0) is 25.1 Å². The van der Waals surface area contributed by atoms with Crippen LogP contribution in [-0.2, 0) is 10.0 Å². The average Bonchev–Trinajstić information content (AvgIpc) is 2.80. The molecule has 0 saturated carbocycles. The Bertz CT molecular complexity index is 923. The summed E-state index contributed by atoms with van der Waals surface area (Å²) in [6.45, 7) is 1.70. The SMILES string of the molecule is Cc1noc2ncc(NS(=O)(=O)c3cccnc3F)cc12. The Balaban J connectivity index is 2.01. The number of pyridine rings is 2. The van der Waals surface area contributed by atoms with Gasteiger partial charge in [0.05, 0.1) is 23.0 Å². The van der Waals surface area contributed by atoms with E-state index in [1.54, 1.807) is 6.92 Å². The molecule has 0 atom stereocenters. The third-order valence-corrected chi connectivity index (χ3v) is 4.16. The predicted molar refractivity (Wildman–Crippen MR) is 71.5 cm³/mol. The van der Waals surface area contributed by atoms with Crippen LogP contribution in [0, 0.1) is 12.9 Å². The number of fused-ring (bicyclic) bond motifs is 1. The molecule has 7 nitrogen and oxygen atoms in total. The van der Waals surface area contributed by atoms with Crippen LogP contribution in [0.25, 0.3) is 11.1 Å². The Kier molecular flexibility index (Phi) is 3.05. The largest absolute Gasteiger partial charge is 0.336 e. The van der Waals surface area contributed by atoms with Crippen molar-refractivity contribution >= 4 is 26.8 Å². The minimum Gasteiger partial charge on any atom is -0.336 e. The van der Waals surface area contributed by atoms with Crippen LogP contribution in [0.4, 0.5) is 10.1 Å². The fraction of sp³-hybridized carbons (Fsp3) is 0.0833. The van der Waals surface area contributed by atoms with Crippen molar-refractivity contribution in [2.45, 2.75) is 11.8 Å². The molecule has 0 aliphatic heterocycles. The van der Waals surface area contributed by atoms with Gasteiger partial charge in [0.25, 0.3) is 15.7 Å². The summed E-state index contributed by atoms with van der Waals surface area (Å²) >= 11 is 0. The van der Waals surface area contributed by atoms with Crippen molar-refractivity contribution in [3.05, 3.63) is 42.2 Å². The van der Waals surface area contributed by atoms with Crippen LogP contribution in [0.1, 0.15) is 5.69 Å². The second kappa shape index (κ2) is 4.77. The van der Waals surface area contributed by atoms with Gasteiger partial charge in [-0.25, -0.2) is 18.4 Å². The number of anilines is 1. The standard InChI is InChI=1S/C12H9FN4O3S/c1-7-9-5-8(6-15-12(9)20-16-7)17-21(18,19)10-3-2-4-14-11(10)13/h2-6,17H,1H3. The van der Waals surface area contributed by atoms with Crippen molar-refractivity contribution in [1.82, 2.24) is 15.1 Å². The lowest BCUT2D eigenvalue weighted by molar-refractivity contribution is 0.443. The number of nitrogens with zero attached hydrogens (tertiary/aromatic N) is 3. The number of nitrogens with one attached hydrogen (secondary N) is 1. The maximum Gasteiger partial charge on any atom is 0.266 e. The van der Waals surface area contributed by atoms with Crippen LogP contribution < -0.4 is 4.72 Å². The first kappa shape index (κ1) is 13.4. The van der Waals surface area contributed by atoms with Gasteiger partial charge < -0.3 is 4.52 Å². The first-order valence-corrected chi connectivity index (χ1v) is 7.31. The van der Waals surface area contributed by atoms with Crippen LogP contribution in [0.15, 0.2) is 40.0 Å². The second-order valence-electron chi connectivity index (χ2n) is 4.24. The minimum atomic E-state index is -4.09. The molecule has 0 unspecified atom stereocenters. The number of sulfonamides is 1. The molecule has 108 valence electrons. The molecule has 0 amide bonds. The molecule has 3 rings (SSSR count). The third kappa shape index (κ3) is 2.42. The predicted octanol–water partition coefficient (Wildman–Crippen LogP) is 1.87. The number of aryl methyl sites for hydroxylation is 1. The van der Waals surface area contributed by atoms with E-state index in [0.29, 0.717) is 16.8 Å². The van der Waals surface area contributed by atoms with E-state index >= 15 is 0 Å². The highest BCUT2D eigenvalue weighted by atomic mass is 32.2. The average molecular weight is 308 g/mol. The summed E-state index contributed by atoms with van der Waals surface area (Å²) < 4.78 is 44.9. The molecular formula is C12H9FN4O3S. The topological polar surface area (TPSA) is 98.0 Å². The Hall–Kier alpha value is -2.55. The van der Waals surface area contributed by atoms with E-state index in [1.165, 1.54) is 24.5 Å². The van der Waals surface area contributed by atoms with Crippen molar-refractivity contribution in [2.24, 2.45) is 0 Å². The fourth-order valence-electron chi connectivity index (χ4n) is 1.78. The Morgan fingerprint density at radius 2 is 2.14 bits per heavy atom. The summed E-state index contributed by atoms with van der Waals surface area (Å²) in [5, 5.41) is 4.29. The van der Waals surface area contributed by atoms with Gasteiger partial charge in [-0.2, -0.15) is 4.39 Å². The van der Waals surface area contributed by atoms with E-state index in [0.717, 1.165) is 6.07 Å². The summed E-state index contributed by atoms with van der Waals surface area (Å²) in [6.07, 6.45) is 2.43. The van der Waals surface area contributed by atoms with Crippen molar-refractivity contribution < 1.29 is 17.3 Å². The van der Waals surface area contributed by atoms with E-state index in [9.17, 15) is 12.8 Å². The number of rotatable bonds is 3. The number of hydrogen-bond donors (Lipinski definition) is 1. The number of halogens is 1. The highest BCUT2D eigenvalue weighted by Gasteiger charge is 2.20. The van der Waals surface area contributed by atoms with Crippen LogP contribution >= 0.6 is 0 Å². The molecular weight excluding hydrogens is 299 g/mol. The van der Waals surface area contributed by atoms with E-state index < -0.39 is 20.9 Å². The van der Waals surface area contributed by atoms with Gasteiger partial charge in [0.1, 0.15) is 4.90 Å². The lowest BCUT2D eigenvalue weighted by Gasteiger charge is -2.07. The summed E-state index contributed by atoms with van der Waals surface area (Å²) in [4.78, 5) is 6.72. The molecule has 9 heteroatoms. The van der Waals surface area contributed by atoms with Gasteiger partial charge in [-0.1, -0.05) is 5.16 Å². The van der Waals surface area contributed by atoms with Crippen molar-refractivity contribution in [1.29, 1.82) is 0 Å². The Morgan fingerprint density at radius 3 is 2.90 bits per heavy atom. The molecule has 3 aromatic heterocycles. The van der Waals surface area contributed by atoms with Gasteiger partial charge in [-0.3, -0.25) is 4.72 Å². The van der Waals surface area contributed by atoms with E-state index in [4.69, 9.17) is 4.52 Å². The summed E-state index contributed by atoms with van der Waals surface area (Å²) in [7, 11) is -4.09. The molecule has 3 heterocycles. The Labute approximate surface area is 118 Å². The fourth-order valence-corrected chi connectivity index (χ4v) is 2.85. The zero-order valence-electron chi connectivity index (χ0n) is 10.7. The maximum absolute atomic E-state index is 13.5. The van der Waals surface area contributed by atoms with Crippen molar-refractivity contribution in [3.8, 4) is 0 Å². The maximum atomic E-state index is 13.5. The van der Waals surface area contributed by atoms with Gasteiger partial charge in [0.2, 0.25) is 5.95 Å². The summed E-state index contributed by atoms with van der Waals surface area (Å²) in [6, 6.07) is 3.98. The number of aromatic nitrogens is 3. The highest BCUT2D eigenvalue weighted by Crippen LogP contribution is 2.22. The zero-order chi connectivity index (χ0) is 15.0. The molecule has 0 aliphatic carbocycles. The van der Waals surface area contributed by atoms with Gasteiger partial charge in [0.15, 0.2) is 0 Å². The molecule has 0 bridgehead atoms. The van der Waals surface area contributed by atoms with Crippen molar-refractivity contribution in [3.63, 3.8) is 0 Å². The first-order valence-electron chi connectivity index (χ1n) is 5.83. The van der Waals surface area contributed by atoms with Crippen LogP contribution in [0.5, 0.6) is 0 Å². The smallest absolute Gasteiger partial charge is 0.266 e. The monoisotopic (exact) mass is 308 g/mol. The normalized spacial score (nSPS) is 11.7. The molecule has 0 aliphatic rings. The summed E-state index contributed by atoms with van der Waals surface area (Å²) in [5.74, 6) is -1.07. The Morgan fingerprint density at radius 1 is 1.33 bits per heavy atom. The van der Waals surface area contributed by atoms with E-state index in [-0.39, 0.29) is 5.69 Å². The molecule has 3 aromatic rings. The third-order valence-electron chi connectivity index (χ3n) is 2.78. The molecule has 0 fully saturated rings. The molecule has 0 radical (unpaired) electrons. The lowest BCUT2D eigenvalue weighted by atomic mass is 10.3. The number of hydrogen-bond acceptors (Lipinski definition) is 6. The molecule has 0 saturated heterocycles. The molecule has 21 heavy (non-hydrogen) atoms. The van der Waals surface area contributed by atoms with E-state index in [1.807, 2.05) is 0 Å². The highest BCUT2D eigenvalue weighted by molar-refractivity contribution is 7.92. The summed E-state index contributed by atoms with van der Waals surface area (Å²) in [5.41, 5.74) is 1.05. The van der Waals surface area contributed by atoms with E-state index in [2.05, 4.69) is 19.8 Å². The zero-order valence-corrected chi connectivity index (χ0v) is 11.6. The lowest BCUT2D eigenvalue weighted by Crippen LogP contribution is -2.15.